The molecule has 1 aliphatic rings. The highest BCUT2D eigenvalue weighted by Crippen LogP contribution is 2.19. The van der Waals surface area contributed by atoms with Crippen molar-refractivity contribution in [2.24, 2.45) is 0 Å². The van der Waals surface area contributed by atoms with Crippen LogP contribution >= 0.6 is 0 Å². The van der Waals surface area contributed by atoms with Crippen LogP contribution in [0.4, 0.5) is 5.69 Å². The minimum Gasteiger partial charge on any atom is -0.497 e. The van der Waals surface area contributed by atoms with Crippen molar-refractivity contribution >= 4 is 11.6 Å². The van der Waals surface area contributed by atoms with Gasteiger partial charge in [-0.25, -0.2) is 0 Å². The summed E-state index contributed by atoms with van der Waals surface area (Å²) in [7, 11) is 1.62. The predicted octanol–water partition coefficient (Wildman–Crippen LogP) is 3.41. The largest absolute Gasteiger partial charge is 0.497 e. The van der Waals surface area contributed by atoms with Crippen LogP contribution in [-0.2, 0) is 4.79 Å². The number of nitrogens with zero attached hydrogens (tertiary/aromatic N) is 3. The maximum Gasteiger partial charge on any atom is 0.263 e. The summed E-state index contributed by atoms with van der Waals surface area (Å²) in [6.45, 7) is 7.22. The van der Waals surface area contributed by atoms with Crippen molar-refractivity contribution < 1.29 is 9.53 Å². The first-order chi connectivity index (χ1) is 14.5. The zero-order chi connectivity index (χ0) is 21.5. The van der Waals surface area contributed by atoms with E-state index >= 15 is 0 Å². The molecule has 1 aliphatic heterocycles. The van der Waals surface area contributed by atoms with Gasteiger partial charge in [0.2, 0.25) is 0 Å². The van der Waals surface area contributed by atoms with Crippen molar-refractivity contribution in [1.29, 1.82) is 5.26 Å². The fraction of sp³-hybridized carbons (Fsp3) is 0.333. The van der Waals surface area contributed by atoms with Gasteiger partial charge in [-0.3, -0.25) is 4.79 Å². The Bertz CT molecular complexity index is 938. The summed E-state index contributed by atoms with van der Waals surface area (Å²) in [6.07, 6.45) is 1.68. The van der Waals surface area contributed by atoms with Gasteiger partial charge in [0.25, 0.3) is 5.91 Å². The number of benzene rings is 2. The van der Waals surface area contributed by atoms with Gasteiger partial charge < -0.3 is 19.9 Å². The Balaban J connectivity index is 1.58. The second-order valence-corrected chi connectivity index (χ2v) is 7.48. The molecule has 1 heterocycles. The van der Waals surface area contributed by atoms with Crippen LogP contribution in [-0.4, -0.2) is 44.1 Å². The number of rotatable bonds is 6. The van der Waals surface area contributed by atoms with Crippen LogP contribution in [0.3, 0.4) is 0 Å². The van der Waals surface area contributed by atoms with Crippen LogP contribution in [0.1, 0.15) is 24.1 Å². The summed E-state index contributed by atoms with van der Waals surface area (Å²) in [5.74, 6) is 0.404. The summed E-state index contributed by atoms with van der Waals surface area (Å²) in [5.41, 5.74) is 3.53. The van der Waals surface area contributed by atoms with E-state index in [9.17, 15) is 10.1 Å². The van der Waals surface area contributed by atoms with Crippen LogP contribution < -0.4 is 15.0 Å². The molecule has 1 saturated heterocycles. The number of carbonyl (C=O) groups excluding carboxylic acids is 1. The van der Waals surface area contributed by atoms with E-state index in [0.29, 0.717) is 0 Å². The molecule has 1 atom stereocenters. The Morgan fingerprint density at radius 1 is 1.17 bits per heavy atom. The zero-order valence-electron chi connectivity index (χ0n) is 17.8. The van der Waals surface area contributed by atoms with E-state index in [-0.39, 0.29) is 17.5 Å². The van der Waals surface area contributed by atoms with Gasteiger partial charge >= 0.3 is 0 Å². The molecular formula is C24H28N4O2. The van der Waals surface area contributed by atoms with E-state index < -0.39 is 0 Å². The van der Waals surface area contributed by atoms with Gasteiger partial charge in [0.1, 0.15) is 17.4 Å². The van der Waals surface area contributed by atoms with Crippen molar-refractivity contribution in [3.05, 3.63) is 71.4 Å². The average molecular weight is 405 g/mol. The van der Waals surface area contributed by atoms with Crippen LogP contribution in [0.5, 0.6) is 5.75 Å². The third-order valence-electron chi connectivity index (χ3n) is 5.32. The third-order valence-corrected chi connectivity index (χ3v) is 5.32. The molecule has 0 bridgehead atoms. The van der Waals surface area contributed by atoms with Crippen molar-refractivity contribution in [2.45, 2.75) is 19.9 Å². The number of amides is 1. The van der Waals surface area contributed by atoms with Gasteiger partial charge in [-0.05, 0) is 49.2 Å². The number of piperazine rings is 1. The molecule has 0 aliphatic carbocycles. The quantitative estimate of drug-likeness (QED) is 0.590. The normalized spacial score (nSPS) is 15.3. The summed E-state index contributed by atoms with van der Waals surface area (Å²) in [4.78, 5) is 17.0. The standard InChI is InChI=1S/C24H28N4O2/c1-18-5-4-6-22(15-18)28-13-11-27(12-14-28)17-21(16-25)24(29)26-19(2)20-7-9-23(30-3)10-8-20/h4-10,15,17,19H,11-14H2,1-3H3,(H,26,29)/b21-17-. The molecule has 0 spiro atoms. The molecule has 1 unspecified atom stereocenters. The van der Waals surface area contributed by atoms with Gasteiger partial charge in [0.15, 0.2) is 0 Å². The Morgan fingerprint density at radius 2 is 1.87 bits per heavy atom. The average Bonchev–Trinajstić information content (AvgIpc) is 2.77. The van der Waals surface area contributed by atoms with E-state index in [4.69, 9.17) is 4.74 Å². The lowest BCUT2D eigenvalue weighted by atomic mass is 10.1. The molecule has 1 amide bonds. The van der Waals surface area contributed by atoms with Gasteiger partial charge in [-0.1, -0.05) is 24.3 Å². The second kappa shape index (κ2) is 9.84. The maximum absolute atomic E-state index is 12.6. The van der Waals surface area contributed by atoms with Gasteiger partial charge in [0.05, 0.1) is 13.2 Å². The van der Waals surface area contributed by atoms with Crippen molar-refractivity contribution in [3.8, 4) is 11.8 Å². The lowest BCUT2D eigenvalue weighted by Gasteiger charge is -2.35. The Labute approximate surface area is 178 Å². The number of hydrogen-bond acceptors (Lipinski definition) is 5. The lowest BCUT2D eigenvalue weighted by Crippen LogP contribution is -2.44. The molecule has 0 aromatic heterocycles. The molecule has 0 saturated carbocycles. The number of anilines is 1. The monoisotopic (exact) mass is 404 g/mol. The van der Waals surface area contributed by atoms with Crippen molar-refractivity contribution in [3.63, 3.8) is 0 Å². The first-order valence-corrected chi connectivity index (χ1v) is 10.1. The number of methoxy groups -OCH3 is 1. The first-order valence-electron chi connectivity index (χ1n) is 10.1. The molecule has 156 valence electrons. The van der Waals surface area contributed by atoms with Gasteiger partial charge in [-0.15, -0.1) is 0 Å². The molecule has 2 aromatic rings. The molecule has 1 N–H and O–H groups in total. The molecule has 2 aromatic carbocycles. The molecule has 1 fully saturated rings. The minimum absolute atomic E-state index is 0.124. The Hall–Kier alpha value is -3.46. The van der Waals surface area contributed by atoms with Crippen LogP contribution in [0, 0.1) is 18.3 Å². The van der Waals surface area contributed by atoms with E-state index in [0.717, 1.165) is 37.5 Å². The van der Waals surface area contributed by atoms with E-state index in [2.05, 4.69) is 41.4 Å². The number of nitriles is 1. The minimum atomic E-state index is -0.359. The maximum atomic E-state index is 12.6. The first kappa shape index (κ1) is 21.3. The Morgan fingerprint density at radius 3 is 2.47 bits per heavy atom. The predicted molar refractivity (Wildman–Crippen MR) is 118 cm³/mol. The molecular weight excluding hydrogens is 376 g/mol. The van der Waals surface area contributed by atoms with Gasteiger partial charge in [0, 0.05) is 38.1 Å². The van der Waals surface area contributed by atoms with E-state index in [1.807, 2.05) is 42.2 Å². The summed E-state index contributed by atoms with van der Waals surface area (Å²) >= 11 is 0. The number of nitrogens with one attached hydrogen (secondary N) is 1. The SMILES string of the molecule is COc1ccc(C(C)NC(=O)/C(C#N)=C\N2CCN(c3cccc(C)c3)CC2)cc1. The number of hydrogen-bond donors (Lipinski definition) is 1. The van der Waals surface area contributed by atoms with Crippen LogP contribution in [0.25, 0.3) is 0 Å². The lowest BCUT2D eigenvalue weighted by molar-refractivity contribution is -0.117. The molecule has 3 rings (SSSR count). The highest BCUT2D eigenvalue weighted by molar-refractivity contribution is 5.97. The smallest absolute Gasteiger partial charge is 0.263 e. The fourth-order valence-corrected chi connectivity index (χ4v) is 3.51. The second-order valence-electron chi connectivity index (χ2n) is 7.48. The van der Waals surface area contributed by atoms with Crippen molar-refractivity contribution in [2.75, 3.05) is 38.2 Å². The number of ether oxygens (including phenoxy) is 1. The highest BCUT2D eigenvalue weighted by atomic mass is 16.5. The van der Waals surface area contributed by atoms with Crippen LogP contribution in [0.15, 0.2) is 60.3 Å². The summed E-state index contributed by atoms with van der Waals surface area (Å²) in [5, 5.41) is 12.4. The van der Waals surface area contributed by atoms with E-state index in [1.54, 1.807) is 13.3 Å². The topological polar surface area (TPSA) is 68.6 Å². The zero-order valence-corrected chi connectivity index (χ0v) is 17.8. The van der Waals surface area contributed by atoms with Crippen LogP contribution in [0.2, 0.25) is 0 Å². The molecule has 30 heavy (non-hydrogen) atoms. The highest BCUT2D eigenvalue weighted by Gasteiger charge is 2.19. The van der Waals surface area contributed by atoms with E-state index in [1.165, 1.54) is 11.3 Å². The third kappa shape index (κ3) is 5.32. The molecule has 6 nitrogen and oxygen atoms in total. The number of carbonyl (C=O) groups is 1. The fourth-order valence-electron chi connectivity index (χ4n) is 3.51. The summed E-state index contributed by atoms with van der Waals surface area (Å²) in [6, 6.07) is 17.8. The molecule has 6 heteroatoms. The summed E-state index contributed by atoms with van der Waals surface area (Å²) < 4.78 is 5.16. The molecule has 0 radical (unpaired) electrons. The van der Waals surface area contributed by atoms with Gasteiger partial charge in [-0.2, -0.15) is 5.26 Å². The van der Waals surface area contributed by atoms with Crippen molar-refractivity contribution in [1.82, 2.24) is 10.2 Å². The number of aryl methyl sites for hydroxylation is 1. The Kier molecular flexibility index (Phi) is 6.97.